The average molecular weight is 251 g/mol. The van der Waals surface area contributed by atoms with Crippen LogP contribution in [0.25, 0.3) is 0 Å². The Hall–Kier alpha value is -1.16. The van der Waals surface area contributed by atoms with Gasteiger partial charge < -0.3 is 10.6 Å². The lowest BCUT2D eigenvalue weighted by molar-refractivity contribution is 0.328. The molecule has 0 fully saturated rings. The van der Waals surface area contributed by atoms with Gasteiger partial charge in [-0.3, -0.25) is 0 Å². The van der Waals surface area contributed by atoms with Crippen LogP contribution in [-0.2, 0) is 0 Å². The van der Waals surface area contributed by atoms with Crippen LogP contribution in [0.2, 0.25) is 0 Å². The van der Waals surface area contributed by atoms with Gasteiger partial charge in [-0.25, -0.2) is 4.98 Å². The van der Waals surface area contributed by atoms with Gasteiger partial charge in [0.2, 0.25) is 0 Å². The molecule has 0 saturated heterocycles. The predicted octanol–water partition coefficient (Wildman–Crippen LogP) is 2.59. The van der Waals surface area contributed by atoms with E-state index < -0.39 is 0 Å². The van der Waals surface area contributed by atoms with Crippen LogP contribution in [0, 0.1) is 5.41 Å². The van der Waals surface area contributed by atoms with Crippen LogP contribution in [0.3, 0.4) is 0 Å². The van der Waals surface area contributed by atoms with E-state index in [1.165, 1.54) is 0 Å². The Morgan fingerprint density at radius 3 is 2.53 bits per heavy atom. The maximum atomic E-state index is 5.73. The Labute approximate surface area is 109 Å². The minimum atomic E-state index is 0.166. The molecule has 0 radical (unpaired) electrons. The number of anilines is 1. The average Bonchev–Trinajstić information content (AvgIpc) is 2.25. The summed E-state index contributed by atoms with van der Waals surface area (Å²) in [6.07, 6.45) is 1.77. The number of nitrogens with two attached hydrogens (primary N) is 1. The largest absolute Gasteiger partial charge is 0.389 e. The maximum Gasteiger partial charge on any atom is 0.138 e. The summed E-state index contributed by atoms with van der Waals surface area (Å²) in [4.78, 5) is 6.92. The van der Waals surface area contributed by atoms with Crippen molar-refractivity contribution in [1.82, 2.24) is 4.98 Å². The van der Waals surface area contributed by atoms with Gasteiger partial charge in [0.25, 0.3) is 0 Å². The Kier molecular flexibility index (Phi) is 4.09. The van der Waals surface area contributed by atoms with E-state index in [4.69, 9.17) is 18.0 Å². The van der Waals surface area contributed by atoms with Crippen LogP contribution < -0.4 is 10.6 Å². The number of rotatable bonds is 3. The van der Waals surface area contributed by atoms with Gasteiger partial charge >= 0.3 is 0 Å². The first-order valence-corrected chi connectivity index (χ1v) is 6.13. The Morgan fingerprint density at radius 2 is 2.06 bits per heavy atom. The highest BCUT2D eigenvalue weighted by Crippen LogP contribution is 2.27. The van der Waals surface area contributed by atoms with E-state index in [1.807, 2.05) is 19.2 Å². The lowest BCUT2D eigenvalue weighted by atomic mass is 9.87. The van der Waals surface area contributed by atoms with Crippen molar-refractivity contribution in [3.63, 3.8) is 0 Å². The first-order valence-electron chi connectivity index (χ1n) is 5.72. The molecule has 94 valence electrons. The molecule has 3 nitrogen and oxygen atoms in total. The minimum absolute atomic E-state index is 0.166. The molecule has 0 spiro atoms. The number of hydrogen-bond acceptors (Lipinski definition) is 3. The van der Waals surface area contributed by atoms with E-state index in [0.29, 0.717) is 11.0 Å². The van der Waals surface area contributed by atoms with E-state index in [2.05, 4.69) is 37.6 Å². The van der Waals surface area contributed by atoms with Crippen LogP contribution in [-0.4, -0.2) is 23.1 Å². The molecule has 1 atom stereocenters. The summed E-state index contributed by atoms with van der Waals surface area (Å²) in [5.74, 6) is 0.849. The summed E-state index contributed by atoms with van der Waals surface area (Å²) in [6.45, 7) is 8.80. The first-order chi connectivity index (χ1) is 7.75. The standard InChI is InChI=1S/C13H21N3S/c1-9(13(2,3)4)16(5)12-10(11(14)17)7-6-8-15-12/h6-9H,1-5H3,(H2,14,17). The van der Waals surface area contributed by atoms with Crippen molar-refractivity contribution in [3.8, 4) is 0 Å². The zero-order valence-corrected chi connectivity index (χ0v) is 12.0. The van der Waals surface area contributed by atoms with Gasteiger partial charge in [0.1, 0.15) is 10.8 Å². The van der Waals surface area contributed by atoms with Crippen molar-refractivity contribution in [2.24, 2.45) is 11.1 Å². The molecule has 1 aromatic rings. The molecule has 1 rings (SSSR count). The number of thiocarbonyl (C=S) groups is 1. The van der Waals surface area contributed by atoms with Crippen LogP contribution in [0.5, 0.6) is 0 Å². The van der Waals surface area contributed by atoms with Gasteiger partial charge in [0, 0.05) is 19.3 Å². The van der Waals surface area contributed by atoms with Gasteiger partial charge in [-0.2, -0.15) is 0 Å². The zero-order valence-electron chi connectivity index (χ0n) is 11.2. The Balaban J connectivity index is 3.12. The molecule has 17 heavy (non-hydrogen) atoms. The summed E-state index contributed by atoms with van der Waals surface area (Å²) in [5.41, 5.74) is 6.73. The smallest absolute Gasteiger partial charge is 0.138 e. The van der Waals surface area contributed by atoms with Crippen LogP contribution in [0.15, 0.2) is 18.3 Å². The van der Waals surface area contributed by atoms with Crippen molar-refractivity contribution in [2.75, 3.05) is 11.9 Å². The summed E-state index contributed by atoms with van der Waals surface area (Å²) >= 11 is 5.06. The fraction of sp³-hybridized carbons (Fsp3) is 0.538. The monoisotopic (exact) mass is 251 g/mol. The van der Waals surface area contributed by atoms with E-state index in [0.717, 1.165) is 11.4 Å². The Morgan fingerprint density at radius 1 is 1.47 bits per heavy atom. The molecule has 0 aromatic carbocycles. The maximum absolute atomic E-state index is 5.73. The summed E-state index contributed by atoms with van der Waals surface area (Å²) < 4.78 is 0. The fourth-order valence-corrected chi connectivity index (χ4v) is 1.79. The van der Waals surface area contributed by atoms with Crippen LogP contribution in [0.4, 0.5) is 5.82 Å². The molecular weight excluding hydrogens is 230 g/mol. The predicted molar refractivity (Wildman–Crippen MR) is 77.4 cm³/mol. The lowest BCUT2D eigenvalue weighted by Crippen LogP contribution is -2.40. The summed E-state index contributed by atoms with van der Waals surface area (Å²) in [7, 11) is 2.03. The van der Waals surface area contributed by atoms with Crippen molar-refractivity contribution >= 4 is 23.0 Å². The highest BCUT2D eigenvalue weighted by atomic mass is 32.1. The third-order valence-electron chi connectivity index (χ3n) is 3.22. The molecule has 1 aromatic heterocycles. The van der Waals surface area contributed by atoms with E-state index in [-0.39, 0.29) is 5.41 Å². The molecule has 0 bridgehead atoms. The second-order valence-electron chi connectivity index (χ2n) is 5.39. The molecule has 4 heteroatoms. The van der Waals surface area contributed by atoms with Crippen molar-refractivity contribution < 1.29 is 0 Å². The normalized spacial score (nSPS) is 13.2. The molecule has 1 unspecified atom stereocenters. The SMILES string of the molecule is CC(N(C)c1ncccc1C(N)=S)C(C)(C)C. The molecule has 2 N–H and O–H groups in total. The number of aromatic nitrogens is 1. The lowest BCUT2D eigenvalue weighted by Gasteiger charge is -2.36. The minimum Gasteiger partial charge on any atom is -0.389 e. The number of nitrogens with zero attached hydrogens (tertiary/aromatic N) is 2. The van der Waals surface area contributed by atoms with E-state index in [9.17, 15) is 0 Å². The Bertz CT molecular complexity index is 409. The van der Waals surface area contributed by atoms with Crippen LogP contribution in [0.1, 0.15) is 33.3 Å². The van der Waals surface area contributed by atoms with Gasteiger partial charge in [-0.1, -0.05) is 33.0 Å². The first kappa shape index (κ1) is 13.9. The summed E-state index contributed by atoms with van der Waals surface area (Å²) in [6, 6.07) is 4.11. The number of pyridine rings is 1. The third kappa shape index (κ3) is 3.16. The second kappa shape index (κ2) is 5.00. The van der Waals surface area contributed by atoms with Gasteiger partial charge in [-0.15, -0.1) is 0 Å². The van der Waals surface area contributed by atoms with Gasteiger partial charge in [0.15, 0.2) is 0 Å². The highest BCUT2D eigenvalue weighted by molar-refractivity contribution is 7.80. The van der Waals surface area contributed by atoms with Crippen molar-refractivity contribution in [3.05, 3.63) is 23.9 Å². The molecule has 1 heterocycles. The molecule has 0 amide bonds. The van der Waals surface area contributed by atoms with Crippen molar-refractivity contribution in [2.45, 2.75) is 33.7 Å². The van der Waals surface area contributed by atoms with E-state index in [1.54, 1.807) is 6.20 Å². The second-order valence-corrected chi connectivity index (χ2v) is 5.83. The molecule has 0 saturated carbocycles. The molecule has 0 aliphatic heterocycles. The fourth-order valence-electron chi connectivity index (χ4n) is 1.63. The third-order valence-corrected chi connectivity index (χ3v) is 3.44. The number of hydrogen-bond donors (Lipinski definition) is 1. The zero-order chi connectivity index (χ0) is 13.2. The highest BCUT2D eigenvalue weighted by Gasteiger charge is 2.26. The summed E-state index contributed by atoms with van der Waals surface area (Å²) in [5, 5.41) is 0. The van der Waals surface area contributed by atoms with Crippen LogP contribution >= 0.6 is 12.2 Å². The molecular formula is C13H21N3S. The van der Waals surface area contributed by atoms with E-state index >= 15 is 0 Å². The van der Waals surface area contributed by atoms with Gasteiger partial charge in [0.05, 0.1) is 5.56 Å². The topological polar surface area (TPSA) is 42.2 Å². The van der Waals surface area contributed by atoms with Gasteiger partial charge in [-0.05, 0) is 24.5 Å². The molecule has 0 aliphatic rings. The van der Waals surface area contributed by atoms with Crippen molar-refractivity contribution in [1.29, 1.82) is 0 Å². The molecule has 0 aliphatic carbocycles. The quantitative estimate of drug-likeness (QED) is 0.839.